The zero-order valence-electron chi connectivity index (χ0n) is 13.4. The summed E-state index contributed by atoms with van der Waals surface area (Å²) in [6.45, 7) is 3.06. The summed E-state index contributed by atoms with van der Waals surface area (Å²) in [5, 5.41) is 10.2. The number of aryl methyl sites for hydroxylation is 2. The van der Waals surface area contributed by atoms with Crippen LogP contribution in [0.4, 0.5) is 16.2 Å². The summed E-state index contributed by atoms with van der Waals surface area (Å²) in [5.41, 5.74) is 4.38. The fraction of sp³-hybridized carbons (Fsp3) is 0.562. The maximum atomic E-state index is 13.8. The molecule has 0 radical (unpaired) electrons. The molecule has 2 unspecified atom stereocenters. The Morgan fingerprint density at radius 2 is 2.04 bits per heavy atom. The van der Waals surface area contributed by atoms with E-state index >= 15 is 0 Å². The molecule has 1 saturated heterocycles. The highest BCUT2D eigenvalue weighted by Gasteiger charge is 2.28. The minimum absolute atomic E-state index is 0.298. The number of anilines is 2. The average Bonchev–Trinajstić information content (AvgIpc) is 3.16. The minimum atomic E-state index is -0.929. The fourth-order valence-electron chi connectivity index (χ4n) is 3.61. The number of nitrogens with one attached hydrogen (secondary N) is 3. The van der Waals surface area contributed by atoms with Crippen LogP contribution < -0.4 is 16.0 Å². The second kappa shape index (κ2) is 5.56. The van der Waals surface area contributed by atoms with Gasteiger partial charge in [-0.2, -0.15) is 9.97 Å². The third-order valence-electron chi connectivity index (χ3n) is 4.84. The van der Waals surface area contributed by atoms with Gasteiger partial charge in [0.25, 0.3) is 0 Å². The van der Waals surface area contributed by atoms with E-state index in [-0.39, 0.29) is 6.04 Å². The van der Waals surface area contributed by atoms with Gasteiger partial charge in [-0.25, -0.2) is 9.37 Å². The predicted octanol–water partition coefficient (Wildman–Crippen LogP) is 1.59. The van der Waals surface area contributed by atoms with Crippen LogP contribution in [-0.4, -0.2) is 47.3 Å². The molecule has 0 aromatic carbocycles. The van der Waals surface area contributed by atoms with Gasteiger partial charge in [-0.1, -0.05) is 0 Å². The third kappa shape index (κ3) is 2.39. The van der Waals surface area contributed by atoms with E-state index in [2.05, 4.69) is 32.8 Å². The number of hydrogen-bond acceptors (Lipinski definition) is 6. The van der Waals surface area contributed by atoms with Gasteiger partial charge in [0.1, 0.15) is 12.0 Å². The van der Waals surface area contributed by atoms with Crippen molar-refractivity contribution in [2.45, 2.75) is 38.4 Å². The summed E-state index contributed by atoms with van der Waals surface area (Å²) in [6, 6.07) is -0.298. The van der Waals surface area contributed by atoms with Crippen molar-refractivity contribution in [1.82, 2.24) is 20.3 Å². The molecule has 0 saturated carbocycles. The Morgan fingerprint density at radius 1 is 1.17 bits per heavy atom. The van der Waals surface area contributed by atoms with E-state index in [1.807, 2.05) is 7.05 Å². The van der Waals surface area contributed by atoms with Gasteiger partial charge in [0, 0.05) is 25.8 Å². The molecule has 23 heavy (non-hydrogen) atoms. The van der Waals surface area contributed by atoms with Crippen LogP contribution in [0.3, 0.4) is 0 Å². The second-order valence-corrected chi connectivity index (χ2v) is 6.29. The Hall–Kier alpha value is -2.02. The van der Waals surface area contributed by atoms with Crippen LogP contribution in [0.5, 0.6) is 0 Å². The van der Waals surface area contributed by atoms with E-state index in [0.717, 1.165) is 36.2 Å². The number of rotatable bonds is 3. The van der Waals surface area contributed by atoms with Crippen LogP contribution in [0, 0.1) is 6.92 Å². The molecule has 2 atom stereocenters. The molecule has 122 valence electrons. The number of pyridine rings is 1. The summed E-state index contributed by atoms with van der Waals surface area (Å²) >= 11 is 0. The predicted molar refractivity (Wildman–Crippen MR) is 88.8 cm³/mol. The second-order valence-electron chi connectivity index (χ2n) is 6.29. The highest BCUT2D eigenvalue weighted by molar-refractivity contribution is 5.91. The van der Waals surface area contributed by atoms with Crippen LogP contribution in [0.2, 0.25) is 0 Å². The van der Waals surface area contributed by atoms with Crippen molar-refractivity contribution in [3.8, 4) is 0 Å². The number of fused-ring (bicyclic) bond motifs is 2. The lowest BCUT2D eigenvalue weighted by molar-refractivity contribution is 0.342. The molecule has 4 rings (SSSR count). The Bertz CT molecular complexity index is 762. The van der Waals surface area contributed by atoms with E-state index in [1.165, 1.54) is 11.1 Å². The standard InChI is InChI=1S/C16H21FN6/c1-8-9-4-3-5-11(9)20-15-13(8)14(18-2)22-16(23-15)21-12-7-19-6-10(12)17/h10,12,19H,3-7H2,1-2H3,(H2,18,20,21,22,23). The Balaban J connectivity index is 1.80. The molecule has 0 amide bonds. The monoisotopic (exact) mass is 316 g/mol. The molecule has 0 spiro atoms. The van der Waals surface area contributed by atoms with E-state index in [4.69, 9.17) is 4.98 Å². The molecule has 2 aromatic rings. The van der Waals surface area contributed by atoms with Gasteiger partial charge in [0.2, 0.25) is 5.95 Å². The smallest absolute Gasteiger partial charge is 0.227 e. The Kier molecular flexibility index (Phi) is 3.52. The van der Waals surface area contributed by atoms with Crippen molar-refractivity contribution in [1.29, 1.82) is 0 Å². The third-order valence-corrected chi connectivity index (χ3v) is 4.84. The van der Waals surface area contributed by atoms with Crippen molar-refractivity contribution >= 4 is 22.8 Å². The molecule has 1 fully saturated rings. The normalized spacial score (nSPS) is 23.3. The molecule has 2 aliphatic rings. The Labute approximate surface area is 134 Å². The number of nitrogens with zero attached hydrogens (tertiary/aromatic N) is 3. The SMILES string of the molecule is CNc1nc(NC2CNCC2F)nc2nc3c(c(C)c12)CCC3. The largest absolute Gasteiger partial charge is 0.372 e. The number of halogens is 1. The summed E-state index contributed by atoms with van der Waals surface area (Å²) in [5.74, 6) is 1.18. The molecule has 7 heteroatoms. The molecule has 2 aromatic heterocycles. The van der Waals surface area contributed by atoms with E-state index in [1.54, 1.807) is 0 Å². The number of aromatic nitrogens is 3. The van der Waals surface area contributed by atoms with Gasteiger partial charge in [0.05, 0.1) is 11.4 Å². The van der Waals surface area contributed by atoms with Crippen LogP contribution in [0.25, 0.3) is 11.0 Å². The van der Waals surface area contributed by atoms with Crippen molar-refractivity contribution in [3.05, 3.63) is 16.8 Å². The molecule has 6 nitrogen and oxygen atoms in total. The van der Waals surface area contributed by atoms with Crippen LogP contribution in [0.15, 0.2) is 0 Å². The lowest BCUT2D eigenvalue weighted by Crippen LogP contribution is -2.30. The molecule has 3 N–H and O–H groups in total. The quantitative estimate of drug-likeness (QED) is 0.798. The maximum absolute atomic E-state index is 13.8. The first kappa shape index (κ1) is 14.6. The first-order chi connectivity index (χ1) is 11.2. The van der Waals surface area contributed by atoms with Gasteiger partial charge < -0.3 is 16.0 Å². The highest BCUT2D eigenvalue weighted by atomic mass is 19.1. The van der Waals surface area contributed by atoms with Crippen LogP contribution in [-0.2, 0) is 12.8 Å². The van der Waals surface area contributed by atoms with Gasteiger partial charge in [0.15, 0.2) is 5.65 Å². The number of hydrogen-bond donors (Lipinski definition) is 3. The molecular weight excluding hydrogens is 295 g/mol. The fourth-order valence-corrected chi connectivity index (χ4v) is 3.61. The first-order valence-electron chi connectivity index (χ1n) is 8.16. The molecular formula is C16H21FN6. The summed E-state index contributed by atoms with van der Waals surface area (Å²) in [4.78, 5) is 13.8. The van der Waals surface area contributed by atoms with E-state index < -0.39 is 6.17 Å². The van der Waals surface area contributed by atoms with Crippen LogP contribution in [0.1, 0.15) is 23.2 Å². The van der Waals surface area contributed by atoms with Gasteiger partial charge in [-0.3, -0.25) is 0 Å². The zero-order chi connectivity index (χ0) is 16.0. The van der Waals surface area contributed by atoms with E-state index in [9.17, 15) is 4.39 Å². The summed E-state index contributed by atoms with van der Waals surface area (Å²) in [7, 11) is 1.84. The molecule has 0 bridgehead atoms. The summed E-state index contributed by atoms with van der Waals surface area (Å²) in [6.07, 6.45) is 2.30. The zero-order valence-corrected chi connectivity index (χ0v) is 13.4. The lowest BCUT2D eigenvalue weighted by Gasteiger charge is -2.17. The molecule has 3 heterocycles. The topological polar surface area (TPSA) is 74.8 Å². The summed E-state index contributed by atoms with van der Waals surface area (Å²) < 4.78 is 13.8. The lowest BCUT2D eigenvalue weighted by atomic mass is 10.1. The van der Waals surface area contributed by atoms with Crippen molar-refractivity contribution in [2.75, 3.05) is 30.8 Å². The van der Waals surface area contributed by atoms with Gasteiger partial charge >= 0.3 is 0 Å². The minimum Gasteiger partial charge on any atom is -0.372 e. The van der Waals surface area contributed by atoms with Crippen molar-refractivity contribution in [3.63, 3.8) is 0 Å². The molecule has 1 aliphatic carbocycles. The Morgan fingerprint density at radius 3 is 2.78 bits per heavy atom. The van der Waals surface area contributed by atoms with E-state index in [0.29, 0.717) is 24.7 Å². The highest BCUT2D eigenvalue weighted by Crippen LogP contribution is 2.32. The van der Waals surface area contributed by atoms with Crippen LogP contribution >= 0.6 is 0 Å². The average molecular weight is 316 g/mol. The molecule has 1 aliphatic heterocycles. The first-order valence-corrected chi connectivity index (χ1v) is 8.16. The van der Waals surface area contributed by atoms with Gasteiger partial charge in [-0.15, -0.1) is 0 Å². The van der Waals surface area contributed by atoms with Crippen molar-refractivity contribution < 1.29 is 4.39 Å². The van der Waals surface area contributed by atoms with Crippen molar-refractivity contribution in [2.24, 2.45) is 0 Å². The van der Waals surface area contributed by atoms with Gasteiger partial charge in [-0.05, 0) is 37.3 Å². The number of alkyl halides is 1. The maximum Gasteiger partial charge on any atom is 0.227 e.